The van der Waals surface area contributed by atoms with Crippen LogP contribution in [0.3, 0.4) is 0 Å². The Balaban J connectivity index is 1.63. The number of aryl methyl sites for hydroxylation is 1. The van der Waals surface area contributed by atoms with Crippen LogP contribution in [-0.2, 0) is 0 Å². The fourth-order valence-corrected chi connectivity index (χ4v) is 3.40. The van der Waals surface area contributed by atoms with Gasteiger partial charge < -0.3 is 10.2 Å². The standard InChI is InChI=1S/C15H22N2/c1-11-3-6-14(7-4-11)17(2)10-12-9-13-5-8-15(12)16-13/h3-4,6-7,12-13,15-16H,5,8-10H2,1-2H3. The first-order valence-electron chi connectivity index (χ1n) is 6.76. The van der Waals surface area contributed by atoms with Crippen molar-refractivity contribution < 1.29 is 0 Å². The molecule has 2 aliphatic heterocycles. The van der Waals surface area contributed by atoms with Gasteiger partial charge in [-0.2, -0.15) is 0 Å². The number of benzene rings is 1. The van der Waals surface area contributed by atoms with E-state index in [9.17, 15) is 0 Å². The molecule has 17 heavy (non-hydrogen) atoms. The minimum atomic E-state index is 0.785. The highest BCUT2D eigenvalue weighted by Gasteiger charge is 2.39. The van der Waals surface area contributed by atoms with Crippen LogP contribution in [0.4, 0.5) is 5.69 Å². The highest BCUT2D eigenvalue weighted by atomic mass is 15.1. The first-order valence-corrected chi connectivity index (χ1v) is 6.76. The zero-order valence-electron chi connectivity index (χ0n) is 10.8. The molecule has 92 valence electrons. The second-order valence-corrected chi connectivity index (χ2v) is 5.76. The van der Waals surface area contributed by atoms with Crippen LogP contribution in [0.15, 0.2) is 24.3 Å². The Morgan fingerprint density at radius 3 is 2.59 bits per heavy atom. The molecule has 2 nitrogen and oxygen atoms in total. The molecule has 1 aromatic rings. The summed E-state index contributed by atoms with van der Waals surface area (Å²) in [5, 5.41) is 3.72. The van der Waals surface area contributed by atoms with Gasteiger partial charge in [-0.25, -0.2) is 0 Å². The average molecular weight is 230 g/mol. The molecule has 3 unspecified atom stereocenters. The quantitative estimate of drug-likeness (QED) is 0.858. The van der Waals surface area contributed by atoms with Crippen LogP contribution in [0.1, 0.15) is 24.8 Å². The van der Waals surface area contributed by atoms with Gasteiger partial charge in [0.1, 0.15) is 0 Å². The van der Waals surface area contributed by atoms with E-state index in [1.165, 1.54) is 37.1 Å². The number of rotatable bonds is 3. The number of hydrogen-bond donors (Lipinski definition) is 1. The van der Waals surface area contributed by atoms with Gasteiger partial charge in [0.2, 0.25) is 0 Å². The van der Waals surface area contributed by atoms with Crippen molar-refractivity contribution >= 4 is 5.69 Å². The summed E-state index contributed by atoms with van der Waals surface area (Å²) in [5.74, 6) is 0.847. The summed E-state index contributed by atoms with van der Waals surface area (Å²) in [4.78, 5) is 2.41. The molecule has 3 atom stereocenters. The van der Waals surface area contributed by atoms with Crippen LogP contribution in [0, 0.1) is 12.8 Å². The summed E-state index contributed by atoms with van der Waals surface area (Å²) in [7, 11) is 2.22. The molecule has 1 aromatic carbocycles. The minimum Gasteiger partial charge on any atom is -0.374 e. The van der Waals surface area contributed by atoms with Crippen molar-refractivity contribution in [1.29, 1.82) is 0 Å². The molecule has 3 rings (SSSR count). The Morgan fingerprint density at radius 1 is 1.24 bits per heavy atom. The Bertz CT molecular complexity index is 384. The zero-order chi connectivity index (χ0) is 11.8. The van der Waals surface area contributed by atoms with Gasteiger partial charge in [0, 0.05) is 31.4 Å². The third-order valence-corrected chi connectivity index (χ3v) is 4.42. The smallest absolute Gasteiger partial charge is 0.0363 e. The third-order valence-electron chi connectivity index (χ3n) is 4.42. The lowest BCUT2D eigenvalue weighted by Gasteiger charge is -2.27. The summed E-state index contributed by atoms with van der Waals surface area (Å²) < 4.78 is 0. The maximum atomic E-state index is 3.72. The van der Waals surface area contributed by atoms with E-state index in [2.05, 4.69) is 48.5 Å². The predicted octanol–water partition coefficient (Wildman–Crippen LogP) is 2.57. The highest BCUT2D eigenvalue weighted by molar-refractivity contribution is 5.46. The van der Waals surface area contributed by atoms with Crippen molar-refractivity contribution in [3.63, 3.8) is 0 Å². The Hall–Kier alpha value is -1.02. The van der Waals surface area contributed by atoms with Gasteiger partial charge in [-0.15, -0.1) is 0 Å². The molecule has 2 heteroatoms. The van der Waals surface area contributed by atoms with Crippen molar-refractivity contribution in [3.8, 4) is 0 Å². The second-order valence-electron chi connectivity index (χ2n) is 5.76. The maximum absolute atomic E-state index is 3.72. The van der Waals surface area contributed by atoms with Gasteiger partial charge in [0.05, 0.1) is 0 Å². The van der Waals surface area contributed by atoms with Gasteiger partial charge in [-0.1, -0.05) is 17.7 Å². The van der Waals surface area contributed by atoms with E-state index in [1.807, 2.05) is 0 Å². The van der Waals surface area contributed by atoms with Crippen LogP contribution < -0.4 is 10.2 Å². The number of nitrogens with one attached hydrogen (secondary N) is 1. The fraction of sp³-hybridized carbons (Fsp3) is 0.600. The van der Waals surface area contributed by atoms with Crippen LogP contribution in [-0.4, -0.2) is 25.7 Å². The summed E-state index contributed by atoms with van der Waals surface area (Å²) in [5.41, 5.74) is 2.68. The third kappa shape index (κ3) is 2.19. The van der Waals surface area contributed by atoms with Crippen molar-refractivity contribution in [1.82, 2.24) is 5.32 Å². The fourth-order valence-electron chi connectivity index (χ4n) is 3.40. The molecule has 2 bridgehead atoms. The lowest BCUT2D eigenvalue weighted by Crippen LogP contribution is -2.32. The summed E-state index contributed by atoms with van der Waals surface area (Å²) in [6, 6.07) is 10.5. The summed E-state index contributed by atoms with van der Waals surface area (Å²) in [6.45, 7) is 3.33. The van der Waals surface area contributed by atoms with Gasteiger partial charge in [-0.05, 0) is 44.2 Å². The molecule has 2 heterocycles. The summed E-state index contributed by atoms with van der Waals surface area (Å²) in [6.07, 6.45) is 4.16. The lowest BCUT2D eigenvalue weighted by atomic mass is 9.89. The number of anilines is 1. The highest BCUT2D eigenvalue weighted by Crippen LogP contribution is 2.34. The molecule has 1 N–H and O–H groups in total. The maximum Gasteiger partial charge on any atom is 0.0363 e. The monoisotopic (exact) mass is 230 g/mol. The van der Waals surface area contributed by atoms with Crippen molar-refractivity contribution in [2.75, 3.05) is 18.5 Å². The second kappa shape index (κ2) is 4.34. The van der Waals surface area contributed by atoms with E-state index in [1.54, 1.807) is 0 Å². The molecule has 0 radical (unpaired) electrons. The molecular weight excluding hydrogens is 208 g/mol. The molecule has 2 aliphatic rings. The van der Waals surface area contributed by atoms with Crippen molar-refractivity contribution in [2.24, 2.45) is 5.92 Å². The Labute approximate surface area is 104 Å². The van der Waals surface area contributed by atoms with Crippen LogP contribution >= 0.6 is 0 Å². The van der Waals surface area contributed by atoms with E-state index in [0.717, 1.165) is 18.0 Å². The van der Waals surface area contributed by atoms with E-state index in [-0.39, 0.29) is 0 Å². The molecule has 0 aromatic heterocycles. The normalized spacial score (nSPS) is 30.8. The van der Waals surface area contributed by atoms with Crippen molar-refractivity contribution in [3.05, 3.63) is 29.8 Å². The first-order chi connectivity index (χ1) is 8.22. The topological polar surface area (TPSA) is 15.3 Å². The number of fused-ring (bicyclic) bond motifs is 2. The largest absolute Gasteiger partial charge is 0.374 e. The molecule has 2 fully saturated rings. The summed E-state index contributed by atoms with van der Waals surface area (Å²) >= 11 is 0. The van der Waals surface area contributed by atoms with E-state index < -0.39 is 0 Å². The molecule has 2 saturated heterocycles. The molecule has 0 saturated carbocycles. The number of hydrogen-bond acceptors (Lipinski definition) is 2. The van der Waals surface area contributed by atoms with E-state index in [4.69, 9.17) is 0 Å². The van der Waals surface area contributed by atoms with Crippen LogP contribution in [0.2, 0.25) is 0 Å². The van der Waals surface area contributed by atoms with E-state index >= 15 is 0 Å². The lowest BCUT2D eigenvalue weighted by molar-refractivity contribution is 0.409. The van der Waals surface area contributed by atoms with Crippen LogP contribution in [0.25, 0.3) is 0 Å². The van der Waals surface area contributed by atoms with Crippen LogP contribution in [0.5, 0.6) is 0 Å². The predicted molar refractivity (Wildman–Crippen MR) is 72.5 cm³/mol. The van der Waals surface area contributed by atoms with Gasteiger partial charge in [0.15, 0.2) is 0 Å². The minimum absolute atomic E-state index is 0.785. The number of nitrogens with zero attached hydrogens (tertiary/aromatic N) is 1. The van der Waals surface area contributed by atoms with Gasteiger partial charge >= 0.3 is 0 Å². The molecule has 0 aliphatic carbocycles. The van der Waals surface area contributed by atoms with E-state index in [0.29, 0.717) is 0 Å². The molecule has 0 spiro atoms. The van der Waals surface area contributed by atoms with Gasteiger partial charge in [-0.3, -0.25) is 0 Å². The first kappa shape index (κ1) is 11.1. The average Bonchev–Trinajstić information content (AvgIpc) is 2.91. The Kier molecular flexibility index (Phi) is 2.83. The van der Waals surface area contributed by atoms with Crippen molar-refractivity contribution in [2.45, 2.75) is 38.3 Å². The Morgan fingerprint density at radius 2 is 2.00 bits per heavy atom. The SMILES string of the molecule is Cc1ccc(N(C)CC2CC3CCC2N3)cc1. The zero-order valence-corrected chi connectivity index (χ0v) is 10.8. The molecule has 0 amide bonds. The molecular formula is C15H22N2. The van der Waals surface area contributed by atoms with Gasteiger partial charge in [0.25, 0.3) is 0 Å².